The zero-order valence-electron chi connectivity index (χ0n) is 18.0. The molecule has 4 rings (SSSR count). The zero-order valence-corrected chi connectivity index (χ0v) is 18.8. The number of ether oxygens (including phenoxy) is 2. The molecule has 9 heteroatoms. The van der Waals surface area contributed by atoms with Crippen LogP contribution in [0.4, 0.5) is 11.6 Å². The molecule has 8 nitrogen and oxygen atoms in total. The van der Waals surface area contributed by atoms with Crippen LogP contribution in [0.15, 0.2) is 55.0 Å². The van der Waals surface area contributed by atoms with Crippen LogP contribution in [0, 0.1) is 11.8 Å². The van der Waals surface area contributed by atoms with Gasteiger partial charge in [0.25, 0.3) is 0 Å². The second-order valence-corrected chi connectivity index (χ2v) is 7.48. The Morgan fingerprint density at radius 3 is 2.79 bits per heavy atom. The van der Waals surface area contributed by atoms with Crippen molar-refractivity contribution in [2.24, 2.45) is 0 Å². The molecule has 0 aromatic carbocycles. The molecule has 0 aliphatic heterocycles. The first-order valence-corrected chi connectivity index (χ1v) is 10.5. The number of hydrogen-bond acceptors (Lipinski definition) is 8. The lowest BCUT2D eigenvalue weighted by molar-refractivity contribution is 0.140. The predicted octanol–water partition coefficient (Wildman–Crippen LogP) is 3.94. The van der Waals surface area contributed by atoms with E-state index in [0.717, 1.165) is 16.3 Å². The van der Waals surface area contributed by atoms with Gasteiger partial charge >= 0.3 is 0 Å². The van der Waals surface area contributed by atoms with Crippen molar-refractivity contribution in [2.45, 2.75) is 13.0 Å². The number of hydrogen-bond donors (Lipinski definition) is 2. The number of nitrogens with one attached hydrogen (secondary N) is 1. The highest BCUT2D eigenvalue weighted by Gasteiger charge is 2.08. The molecular weight excluding hydrogens is 440 g/mol. The summed E-state index contributed by atoms with van der Waals surface area (Å²) < 4.78 is 11.6. The molecule has 4 aromatic heterocycles. The van der Waals surface area contributed by atoms with E-state index in [-0.39, 0.29) is 6.10 Å². The number of anilines is 2. The maximum absolute atomic E-state index is 5.94. The van der Waals surface area contributed by atoms with E-state index in [9.17, 15) is 0 Å². The fraction of sp³-hybridized carbons (Fsp3) is 0.167. The van der Waals surface area contributed by atoms with Gasteiger partial charge in [0.2, 0.25) is 5.88 Å². The molecule has 0 aliphatic rings. The Bertz CT molecular complexity index is 1350. The molecule has 4 aromatic rings. The van der Waals surface area contributed by atoms with E-state index in [1.165, 1.54) is 0 Å². The van der Waals surface area contributed by atoms with Crippen LogP contribution in [-0.4, -0.2) is 39.7 Å². The van der Waals surface area contributed by atoms with Crippen LogP contribution in [0.5, 0.6) is 11.6 Å². The monoisotopic (exact) mass is 460 g/mol. The Labute approximate surface area is 196 Å². The van der Waals surface area contributed by atoms with E-state index in [0.29, 0.717) is 40.7 Å². The Kier molecular flexibility index (Phi) is 6.72. The van der Waals surface area contributed by atoms with Gasteiger partial charge in [-0.05, 0) is 31.0 Å². The summed E-state index contributed by atoms with van der Waals surface area (Å²) in [5, 5.41) is 5.13. The van der Waals surface area contributed by atoms with Crippen LogP contribution in [0.2, 0.25) is 5.15 Å². The first-order chi connectivity index (χ1) is 16.0. The summed E-state index contributed by atoms with van der Waals surface area (Å²) in [7, 11) is 1.80. The van der Waals surface area contributed by atoms with E-state index in [1.54, 1.807) is 62.0 Å². The van der Waals surface area contributed by atoms with Gasteiger partial charge in [0.15, 0.2) is 0 Å². The van der Waals surface area contributed by atoms with Crippen molar-refractivity contribution < 1.29 is 9.47 Å². The van der Waals surface area contributed by atoms with Gasteiger partial charge in [0, 0.05) is 48.5 Å². The van der Waals surface area contributed by atoms with Crippen molar-refractivity contribution in [1.29, 1.82) is 0 Å². The van der Waals surface area contributed by atoms with Gasteiger partial charge in [-0.25, -0.2) is 19.9 Å². The number of pyridine rings is 4. The minimum Gasteiger partial charge on any atom is -0.487 e. The SMILES string of the molecule is CNc1ncc(C#Cc2cc(OC(C)COc3cccc(Cl)n3)ccn2)c2cc(N)ncc12. The normalized spacial score (nSPS) is 11.4. The second kappa shape index (κ2) is 10.0. The summed E-state index contributed by atoms with van der Waals surface area (Å²) in [4.78, 5) is 17.0. The standard InChI is InChI=1S/C24H21ClN6O2/c1-15(14-32-23-5-3-4-21(25)31-23)33-18-8-9-28-17(10-18)7-6-16-12-30-24(27-2)20-13-29-22(26)11-19(16)20/h3-5,8-13,15H,14H2,1-2H3,(H2,26,29)(H,27,30). The van der Waals surface area contributed by atoms with Crippen molar-refractivity contribution in [3.05, 3.63) is 71.4 Å². The molecule has 0 saturated carbocycles. The van der Waals surface area contributed by atoms with Gasteiger partial charge in [-0.15, -0.1) is 0 Å². The number of nitrogens with zero attached hydrogens (tertiary/aromatic N) is 4. The number of nitrogens with two attached hydrogens (primary N) is 1. The summed E-state index contributed by atoms with van der Waals surface area (Å²) in [5.74, 6) is 8.39. The molecule has 0 saturated heterocycles. The van der Waals surface area contributed by atoms with Crippen LogP contribution in [-0.2, 0) is 0 Å². The minimum absolute atomic E-state index is 0.230. The van der Waals surface area contributed by atoms with Crippen molar-refractivity contribution in [2.75, 3.05) is 24.7 Å². The summed E-state index contributed by atoms with van der Waals surface area (Å²) >= 11 is 5.88. The van der Waals surface area contributed by atoms with Crippen molar-refractivity contribution >= 4 is 34.0 Å². The second-order valence-electron chi connectivity index (χ2n) is 7.09. The van der Waals surface area contributed by atoms with Crippen LogP contribution in [0.25, 0.3) is 10.8 Å². The highest BCUT2D eigenvalue weighted by atomic mass is 35.5. The van der Waals surface area contributed by atoms with Gasteiger partial charge in [0.05, 0.1) is 5.56 Å². The fourth-order valence-corrected chi connectivity index (χ4v) is 3.23. The third-order valence-corrected chi connectivity index (χ3v) is 4.79. The first-order valence-electron chi connectivity index (χ1n) is 10.1. The van der Waals surface area contributed by atoms with E-state index >= 15 is 0 Å². The van der Waals surface area contributed by atoms with Gasteiger partial charge in [-0.2, -0.15) is 0 Å². The molecule has 0 amide bonds. The molecular formula is C24H21ClN6O2. The van der Waals surface area contributed by atoms with E-state index in [1.807, 2.05) is 6.92 Å². The lowest BCUT2D eigenvalue weighted by Gasteiger charge is -2.15. The van der Waals surface area contributed by atoms with Crippen LogP contribution in [0.1, 0.15) is 18.2 Å². The average Bonchev–Trinajstić information content (AvgIpc) is 2.81. The Morgan fingerprint density at radius 2 is 1.97 bits per heavy atom. The Balaban J connectivity index is 1.49. The Hall–Kier alpha value is -4.09. The van der Waals surface area contributed by atoms with Crippen molar-refractivity contribution in [3.8, 4) is 23.5 Å². The van der Waals surface area contributed by atoms with Crippen molar-refractivity contribution in [1.82, 2.24) is 19.9 Å². The topological polar surface area (TPSA) is 108 Å². The predicted molar refractivity (Wildman–Crippen MR) is 129 cm³/mol. The molecule has 0 fully saturated rings. The molecule has 0 radical (unpaired) electrons. The van der Waals surface area contributed by atoms with Crippen LogP contribution in [0.3, 0.4) is 0 Å². The number of nitrogen functional groups attached to an aromatic ring is 1. The van der Waals surface area contributed by atoms with E-state index in [4.69, 9.17) is 26.8 Å². The zero-order chi connectivity index (χ0) is 23.2. The van der Waals surface area contributed by atoms with Crippen LogP contribution >= 0.6 is 11.6 Å². The van der Waals surface area contributed by atoms with Crippen LogP contribution < -0.4 is 20.5 Å². The van der Waals surface area contributed by atoms with E-state index in [2.05, 4.69) is 37.1 Å². The lowest BCUT2D eigenvalue weighted by Crippen LogP contribution is -2.21. The molecule has 1 unspecified atom stereocenters. The summed E-state index contributed by atoms with van der Waals surface area (Å²) in [6.45, 7) is 2.21. The highest BCUT2D eigenvalue weighted by Crippen LogP contribution is 2.24. The van der Waals surface area contributed by atoms with Gasteiger partial charge in [-0.1, -0.05) is 23.6 Å². The average molecular weight is 461 g/mol. The molecule has 33 heavy (non-hydrogen) atoms. The third-order valence-electron chi connectivity index (χ3n) is 4.58. The number of aromatic nitrogens is 4. The quantitative estimate of drug-likeness (QED) is 0.329. The molecule has 1 atom stereocenters. The number of fused-ring (bicyclic) bond motifs is 1. The number of rotatable bonds is 6. The maximum Gasteiger partial charge on any atom is 0.214 e. The van der Waals surface area contributed by atoms with Gasteiger partial charge < -0.3 is 20.5 Å². The largest absolute Gasteiger partial charge is 0.487 e. The van der Waals surface area contributed by atoms with E-state index < -0.39 is 0 Å². The lowest BCUT2D eigenvalue weighted by atomic mass is 10.1. The highest BCUT2D eigenvalue weighted by molar-refractivity contribution is 6.29. The fourth-order valence-electron chi connectivity index (χ4n) is 3.07. The molecule has 0 spiro atoms. The maximum atomic E-state index is 5.94. The van der Waals surface area contributed by atoms with Gasteiger partial charge in [0.1, 0.15) is 40.9 Å². The van der Waals surface area contributed by atoms with Gasteiger partial charge in [-0.3, -0.25) is 0 Å². The molecule has 0 aliphatic carbocycles. The Morgan fingerprint density at radius 1 is 1.09 bits per heavy atom. The minimum atomic E-state index is -0.230. The first kappa shape index (κ1) is 22.1. The summed E-state index contributed by atoms with van der Waals surface area (Å²) in [5.41, 5.74) is 7.16. The summed E-state index contributed by atoms with van der Waals surface area (Å²) in [6, 6.07) is 10.5. The molecule has 0 bridgehead atoms. The number of halogens is 1. The molecule has 4 heterocycles. The summed E-state index contributed by atoms with van der Waals surface area (Å²) in [6.07, 6.45) is 4.80. The molecule has 3 N–H and O–H groups in total. The van der Waals surface area contributed by atoms with Crippen molar-refractivity contribution in [3.63, 3.8) is 0 Å². The molecule has 166 valence electrons. The third kappa shape index (κ3) is 5.59. The smallest absolute Gasteiger partial charge is 0.214 e.